The van der Waals surface area contributed by atoms with Gasteiger partial charge in [-0.3, -0.25) is 4.79 Å². The summed E-state index contributed by atoms with van der Waals surface area (Å²) in [5.74, 6) is -0.872. The lowest BCUT2D eigenvalue weighted by molar-refractivity contribution is 0.102. The number of hydrogen-bond acceptors (Lipinski definition) is 2. The van der Waals surface area contributed by atoms with Crippen molar-refractivity contribution in [1.82, 2.24) is 4.98 Å². The molecule has 29 heavy (non-hydrogen) atoms. The Morgan fingerprint density at radius 1 is 1.07 bits per heavy atom. The predicted octanol–water partition coefficient (Wildman–Crippen LogP) is 7.02. The Morgan fingerprint density at radius 2 is 1.83 bits per heavy atom. The Hall–Kier alpha value is -2.76. The molecule has 1 N–H and O–H groups in total. The number of benzene rings is 3. The highest BCUT2D eigenvalue weighted by Gasteiger charge is 2.19. The Morgan fingerprint density at radius 3 is 2.55 bits per heavy atom. The van der Waals surface area contributed by atoms with Crippen molar-refractivity contribution in [1.29, 1.82) is 0 Å². The Kier molecular flexibility index (Phi) is 5.35. The number of halogens is 3. The number of rotatable bonds is 3. The Balaban J connectivity index is 1.90. The molecule has 0 aliphatic heterocycles. The smallest absolute Gasteiger partial charge is 0.256 e. The lowest BCUT2D eigenvalue weighted by atomic mass is 9.97. The van der Waals surface area contributed by atoms with Crippen molar-refractivity contribution in [3.05, 3.63) is 93.2 Å². The van der Waals surface area contributed by atoms with Crippen LogP contribution in [0.2, 0.25) is 5.02 Å². The molecule has 0 fully saturated rings. The third-order valence-corrected chi connectivity index (χ3v) is 5.30. The quantitative estimate of drug-likeness (QED) is 0.350. The standard InChI is InChI=1S/C23H15BrClFN2O/c1-13-21(23(29)27-18-11-16(25)10-17(26)12-18)19-9-15(24)7-8-20(19)28-22(13)14-5-3-2-4-6-14/h2-12H,1H3,(H,27,29). The van der Waals surface area contributed by atoms with Gasteiger partial charge in [0, 0.05) is 26.1 Å². The number of anilines is 1. The van der Waals surface area contributed by atoms with Crippen molar-refractivity contribution in [3.63, 3.8) is 0 Å². The fourth-order valence-corrected chi connectivity index (χ4v) is 3.90. The molecule has 0 spiro atoms. The molecule has 4 aromatic rings. The Bertz CT molecular complexity index is 1220. The average Bonchev–Trinajstić information content (AvgIpc) is 2.67. The van der Waals surface area contributed by atoms with Crippen LogP contribution in [-0.2, 0) is 0 Å². The molecular weight excluding hydrogens is 455 g/mol. The van der Waals surface area contributed by atoms with Crippen LogP contribution in [0.4, 0.5) is 10.1 Å². The van der Waals surface area contributed by atoms with Crippen LogP contribution in [0.3, 0.4) is 0 Å². The summed E-state index contributed by atoms with van der Waals surface area (Å²) in [6.07, 6.45) is 0. The van der Waals surface area contributed by atoms with Gasteiger partial charge in [-0.1, -0.05) is 57.9 Å². The van der Waals surface area contributed by atoms with Gasteiger partial charge in [0.05, 0.1) is 16.8 Å². The van der Waals surface area contributed by atoms with E-state index in [1.165, 1.54) is 18.2 Å². The molecule has 1 amide bonds. The summed E-state index contributed by atoms with van der Waals surface area (Å²) in [7, 11) is 0. The summed E-state index contributed by atoms with van der Waals surface area (Å²) < 4.78 is 14.5. The zero-order chi connectivity index (χ0) is 20.5. The maximum Gasteiger partial charge on any atom is 0.256 e. The van der Waals surface area contributed by atoms with Gasteiger partial charge in [-0.2, -0.15) is 0 Å². The molecule has 0 saturated carbocycles. The van der Waals surface area contributed by atoms with Crippen LogP contribution in [0, 0.1) is 12.7 Å². The minimum Gasteiger partial charge on any atom is -0.322 e. The van der Waals surface area contributed by atoms with Crippen molar-refractivity contribution in [3.8, 4) is 11.3 Å². The van der Waals surface area contributed by atoms with Crippen molar-refractivity contribution < 1.29 is 9.18 Å². The number of nitrogens with one attached hydrogen (secondary N) is 1. The number of carbonyl (C=O) groups is 1. The van der Waals surface area contributed by atoms with E-state index in [4.69, 9.17) is 16.6 Å². The second-order valence-electron chi connectivity index (χ2n) is 6.60. The molecule has 6 heteroatoms. The summed E-state index contributed by atoms with van der Waals surface area (Å²) >= 11 is 9.39. The molecule has 3 nitrogen and oxygen atoms in total. The zero-order valence-corrected chi connectivity index (χ0v) is 17.7. The lowest BCUT2D eigenvalue weighted by Crippen LogP contribution is -2.15. The van der Waals surface area contributed by atoms with E-state index in [1.54, 1.807) is 0 Å². The highest BCUT2D eigenvalue weighted by atomic mass is 79.9. The fraction of sp³-hybridized carbons (Fsp3) is 0.0435. The van der Waals surface area contributed by atoms with Crippen LogP contribution in [0.25, 0.3) is 22.2 Å². The van der Waals surface area contributed by atoms with Gasteiger partial charge in [0.25, 0.3) is 5.91 Å². The summed E-state index contributed by atoms with van der Waals surface area (Å²) in [6, 6.07) is 19.2. The number of aromatic nitrogens is 1. The van der Waals surface area contributed by atoms with E-state index in [-0.39, 0.29) is 10.9 Å². The minimum atomic E-state index is -0.517. The summed E-state index contributed by atoms with van der Waals surface area (Å²) in [4.78, 5) is 18.0. The fourth-order valence-electron chi connectivity index (χ4n) is 3.32. The van der Waals surface area contributed by atoms with Crippen molar-refractivity contribution >= 4 is 50.0 Å². The van der Waals surface area contributed by atoms with E-state index in [9.17, 15) is 9.18 Å². The third kappa shape index (κ3) is 4.02. The highest BCUT2D eigenvalue weighted by molar-refractivity contribution is 9.10. The van der Waals surface area contributed by atoms with E-state index in [0.717, 1.165) is 21.3 Å². The second-order valence-corrected chi connectivity index (χ2v) is 7.95. The number of carbonyl (C=O) groups excluding carboxylic acids is 1. The van der Waals surface area contributed by atoms with Gasteiger partial charge in [-0.15, -0.1) is 0 Å². The van der Waals surface area contributed by atoms with E-state index >= 15 is 0 Å². The van der Waals surface area contributed by atoms with Crippen molar-refractivity contribution in [2.24, 2.45) is 0 Å². The number of pyridine rings is 1. The van der Waals surface area contributed by atoms with Crippen LogP contribution in [0.1, 0.15) is 15.9 Å². The van der Waals surface area contributed by atoms with E-state index in [2.05, 4.69) is 21.2 Å². The Labute approximate surface area is 180 Å². The molecular formula is C23H15BrClFN2O. The van der Waals surface area contributed by atoms with Gasteiger partial charge in [0.2, 0.25) is 0 Å². The molecule has 3 aromatic carbocycles. The normalized spacial score (nSPS) is 10.9. The predicted molar refractivity (Wildman–Crippen MR) is 119 cm³/mol. The molecule has 0 unspecified atom stereocenters. The molecule has 1 aromatic heterocycles. The highest BCUT2D eigenvalue weighted by Crippen LogP contribution is 2.32. The lowest BCUT2D eigenvalue weighted by Gasteiger charge is -2.15. The van der Waals surface area contributed by atoms with Gasteiger partial charge in [0.15, 0.2) is 0 Å². The SMILES string of the molecule is Cc1c(-c2ccccc2)nc2ccc(Br)cc2c1C(=O)Nc1cc(F)cc(Cl)c1. The van der Waals surface area contributed by atoms with Gasteiger partial charge in [-0.25, -0.2) is 9.37 Å². The van der Waals surface area contributed by atoms with Crippen molar-refractivity contribution in [2.75, 3.05) is 5.32 Å². The monoisotopic (exact) mass is 468 g/mol. The first-order valence-corrected chi connectivity index (χ1v) is 10.0. The van der Waals surface area contributed by atoms with Gasteiger partial charge >= 0.3 is 0 Å². The summed E-state index contributed by atoms with van der Waals surface area (Å²) in [6.45, 7) is 1.86. The summed E-state index contributed by atoms with van der Waals surface area (Å²) in [5.41, 5.74) is 3.85. The van der Waals surface area contributed by atoms with Gasteiger partial charge in [0.1, 0.15) is 5.82 Å². The average molecular weight is 470 g/mol. The molecule has 1 heterocycles. The van der Waals surface area contributed by atoms with E-state index in [0.29, 0.717) is 22.2 Å². The molecule has 0 atom stereocenters. The van der Waals surface area contributed by atoms with Crippen LogP contribution in [0.5, 0.6) is 0 Å². The second kappa shape index (κ2) is 7.93. The molecule has 4 rings (SSSR count). The maximum atomic E-state index is 13.7. The molecule has 0 radical (unpaired) electrons. The van der Waals surface area contributed by atoms with E-state index in [1.807, 2.05) is 55.5 Å². The van der Waals surface area contributed by atoms with Crippen LogP contribution < -0.4 is 5.32 Å². The largest absolute Gasteiger partial charge is 0.322 e. The number of amides is 1. The first-order valence-electron chi connectivity index (χ1n) is 8.85. The number of nitrogens with zero attached hydrogens (tertiary/aromatic N) is 1. The van der Waals surface area contributed by atoms with E-state index < -0.39 is 5.82 Å². The minimum absolute atomic E-state index is 0.212. The van der Waals surface area contributed by atoms with Crippen LogP contribution >= 0.6 is 27.5 Å². The molecule has 0 bridgehead atoms. The van der Waals surface area contributed by atoms with Crippen LogP contribution in [0.15, 0.2) is 71.2 Å². The number of fused-ring (bicyclic) bond motifs is 1. The van der Waals surface area contributed by atoms with Crippen LogP contribution in [-0.4, -0.2) is 10.9 Å². The third-order valence-electron chi connectivity index (χ3n) is 4.59. The molecule has 0 aliphatic carbocycles. The molecule has 0 saturated heterocycles. The molecule has 144 valence electrons. The first kappa shape index (κ1) is 19.6. The topological polar surface area (TPSA) is 42.0 Å². The summed E-state index contributed by atoms with van der Waals surface area (Å²) in [5, 5.41) is 3.68. The maximum absolute atomic E-state index is 13.7. The first-order chi connectivity index (χ1) is 13.9. The molecule has 0 aliphatic rings. The number of hydrogen-bond donors (Lipinski definition) is 1. The van der Waals surface area contributed by atoms with Crippen molar-refractivity contribution in [2.45, 2.75) is 6.92 Å². The zero-order valence-electron chi connectivity index (χ0n) is 15.3. The van der Waals surface area contributed by atoms with Gasteiger partial charge < -0.3 is 5.32 Å². The van der Waals surface area contributed by atoms with Gasteiger partial charge in [-0.05, 0) is 48.9 Å².